The van der Waals surface area contributed by atoms with Crippen LogP contribution < -0.4 is 0 Å². The van der Waals surface area contributed by atoms with Gasteiger partial charge in [-0.25, -0.2) is 0 Å². The first-order chi connectivity index (χ1) is 3.21. The summed E-state index contributed by atoms with van der Waals surface area (Å²) in [6, 6.07) is 0. The molecular weight excluding hydrogens is 249 g/mol. The number of hydrogen-bond donors (Lipinski definition) is 0. The van der Waals surface area contributed by atoms with Gasteiger partial charge in [-0.1, -0.05) is 0 Å². The zero-order chi connectivity index (χ0) is 5.33. The molecular formula is C2H3ClIO2P. The number of hydrogen-bond acceptors (Lipinski definition) is 2. The van der Waals surface area contributed by atoms with Crippen LogP contribution in [0, 0.1) is 0 Å². The quantitative estimate of drug-likeness (QED) is 0.487. The first-order valence-electron chi connectivity index (χ1n) is 1.59. The summed E-state index contributed by atoms with van der Waals surface area (Å²) in [4.78, 5) is 0. The molecule has 0 amide bonds. The SMILES string of the molecule is Cl[PH]1(I)OC=CO1. The fourth-order valence-corrected chi connectivity index (χ4v) is 1.91. The van der Waals surface area contributed by atoms with Crippen LogP contribution >= 0.6 is 38.0 Å². The van der Waals surface area contributed by atoms with Gasteiger partial charge >= 0.3 is 59.6 Å². The molecule has 0 aromatic heterocycles. The Labute approximate surface area is 59.6 Å². The van der Waals surface area contributed by atoms with Gasteiger partial charge in [0.15, 0.2) is 0 Å². The van der Waals surface area contributed by atoms with E-state index < -0.39 is 4.71 Å². The van der Waals surface area contributed by atoms with Crippen molar-refractivity contribution >= 4 is 38.0 Å². The molecule has 0 aliphatic carbocycles. The first-order valence-corrected chi connectivity index (χ1v) is 7.53. The van der Waals surface area contributed by atoms with Crippen molar-refractivity contribution in [1.29, 1.82) is 0 Å². The van der Waals surface area contributed by atoms with Gasteiger partial charge in [0.25, 0.3) is 0 Å². The van der Waals surface area contributed by atoms with Gasteiger partial charge < -0.3 is 0 Å². The van der Waals surface area contributed by atoms with Gasteiger partial charge in [-0.2, -0.15) is 0 Å². The molecule has 0 aromatic carbocycles. The van der Waals surface area contributed by atoms with Crippen LogP contribution in [-0.2, 0) is 9.05 Å². The number of halogens is 2. The van der Waals surface area contributed by atoms with Gasteiger partial charge in [0.1, 0.15) is 0 Å². The van der Waals surface area contributed by atoms with Gasteiger partial charge in [0, 0.05) is 0 Å². The van der Waals surface area contributed by atoms with Crippen LogP contribution in [0.15, 0.2) is 12.5 Å². The van der Waals surface area contributed by atoms with Crippen LogP contribution in [0.4, 0.5) is 0 Å². The van der Waals surface area contributed by atoms with E-state index in [1.54, 1.807) is 0 Å². The molecule has 42 valence electrons. The van der Waals surface area contributed by atoms with Gasteiger partial charge in [0.05, 0.1) is 0 Å². The standard InChI is InChI=1S/C2H3ClIO2P/c3-7(4)5-1-2-6-7/h1-2,7H. The minimum absolute atomic E-state index is 1.46. The zero-order valence-electron chi connectivity index (χ0n) is 3.23. The molecule has 0 saturated heterocycles. The second-order valence-corrected chi connectivity index (χ2v) is 10.0. The summed E-state index contributed by atoms with van der Waals surface area (Å²) >= 11 is 7.55. The Bertz CT molecular complexity index is 93.9. The van der Waals surface area contributed by atoms with Crippen LogP contribution in [0.5, 0.6) is 0 Å². The molecule has 2 nitrogen and oxygen atoms in total. The summed E-state index contributed by atoms with van der Waals surface area (Å²) in [6.45, 7) is 0. The number of rotatable bonds is 0. The van der Waals surface area contributed by atoms with Gasteiger partial charge in [0.2, 0.25) is 0 Å². The van der Waals surface area contributed by atoms with Crippen LogP contribution in [0.3, 0.4) is 0 Å². The van der Waals surface area contributed by atoms with Crippen molar-refractivity contribution < 1.29 is 9.05 Å². The van der Waals surface area contributed by atoms with E-state index in [2.05, 4.69) is 0 Å². The third-order valence-electron chi connectivity index (χ3n) is 0.466. The molecule has 0 fully saturated rings. The predicted molar refractivity (Wildman–Crippen MR) is 39.5 cm³/mol. The molecule has 1 rings (SSSR count). The van der Waals surface area contributed by atoms with Crippen molar-refractivity contribution in [2.45, 2.75) is 0 Å². The van der Waals surface area contributed by atoms with Crippen molar-refractivity contribution in [3.8, 4) is 0 Å². The van der Waals surface area contributed by atoms with Crippen LogP contribution in [-0.4, -0.2) is 0 Å². The molecule has 5 heteroatoms. The second-order valence-electron chi connectivity index (χ2n) is 0.971. The van der Waals surface area contributed by atoms with Crippen LogP contribution in [0.1, 0.15) is 0 Å². The van der Waals surface area contributed by atoms with Gasteiger partial charge in [-0.3, -0.25) is 0 Å². The third-order valence-corrected chi connectivity index (χ3v) is 3.35. The van der Waals surface area contributed by atoms with Crippen molar-refractivity contribution in [2.24, 2.45) is 0 Å². The molecule has 1 aliphatic heterocycles. The Hall–Kier alpha value is 0.790. The fraction of sp³-hybridized carbons (Fsp3) is 0. The molecule has 0 atom stereocenters. The summed E-state index contributed by atoms with van der Waals surface area (Å²) in [6.07, 6.45) is 2.93. The van der Waals surface area contributed by atoms with Crippen molar-refractivity contribution in [1.82, 2.24) is 0 Å². The van der Waals surface area contributed by atoms with Crippen molar-refractivity contribution in [3.63, 3.8) is 0 Å². The topological polar surface area (TPSA) is 18.5 Å². The minimum atomic E-state index is -2.21. The van der Waals surface area contributed by atoms with E-state index >= 15 is 0 Å². The molecule has 1 heterocycles. The Balaban J connectivity index is 2.49. The molecule has 0 saturated carbocycles. The molecule has 0 radical (unpaired) electrons. The molecule has 0 aromatic rings. The van der Waals surface area contributed by atoms with E-state index in [9.17, 15) is 0 Å². The molecule has 0 N–H and O–H groups in total. The fourth-order valence-electron chi connectivity index (χ4n) is 0.242. The normalized spacial score (nSPS) is 28.3. The van der Waals surface area contributed by atoms with Crippen LogP contribution in [0.25, 0.3) is 0 Å². The Morgan fingerprint density at radius 3 is 2.00 bits per heavy atom. The molecule has 7 heavy (non-hydrogen) atoms. The molecule has 0 spiro atoms. The average Bonchev–Trinajstić information content (AvgIpc) is 1.84. The molecule has 0 unspecified atom stereocenters. The molecule has 1 aliphatic rings. The van der Waals surface area contributed by atoms with E-state index in [4.69, 9.17) is 20.3 Å². The third kappa shape index (κ3) is 1.63. The maximum absolute atomic E-state index is 5.59. The van der Waals surface area contributed by atoms with Crippen molar-refractivity contribution in [3.05, 3.63) is 12.5 Å². The van der Waals surface area contributed by atoms with E-state index in [1.807, 2.05) is 22.0 Å². The van der Waals surface area contributed by atoms with E-state index in [0.717, 1.165) is 0 Å². The zero-order valence-corrected chi connectivity index (χ0v) is 7.14. The summed E-state index contributed by atoms with van der Waals surface area (Å²) in [5.41, 5.74) is 0. The van der Waals surface area contributed by atoms with Gasteiger partial charge in [-0.15, -0.1) is 0 Å². The summed E-state index contributed by atoms with van der Waals surface area (Å²) in [7, 11) is 0. The Morgan fingerprint density at radius 2 is 1.86 bits per heavy atom. The van der Waals surface area contributed by atoms with E-state index in [1.165, 1.54) is 12.5 Å². The van der Waals surface area contributed by atoms with Crippen molar-refractivity contribution in [2.75, 3.05) is 0 Å². The van der Waals surface area contributed by atoms with E-state index in [0.29, 0.717) is 0 Å². The maximum atomic E-state index is 5.59. The second kappa shape index (κ2) is 1.96. The average molecular weight is 252 g/mol. The monoisotopic (exact) mass is 252 g/mol. The summed E-state index contributed by atoms with van der Waals surface area (Å²) < 4.78 is 7.45. The Morgan fingerprint density at radius 1 is 1.43 bits per heavy atom. The first kappa shape index (κ1) is 5.92. The van der Waals surface area contributed by atoms with Crippen LogP contribution in [0.2, 0.25) is 0 Å². The van der Waals surface area contributed by atoms with E-state index in [-0.39, 0.29) is 0 Å². The molecule has 0 bridgehead atoms. The predicted octanol–water partition coefficient (Wildman–Crippen LogP) is 2.59. The Kier molecular flexibility index (Phi) is 1.65. The summed E-state index contributed by atoms with van der Waals surface area (Å²) in [5, 5.41) is 0. The summed E-state index contributed by atoms with van der Waals surface area (Å²) in [5.74, 6) is 0. The van der Waals surface area contributed by atoms with Gasteiger partial charge in [-0.05, 0) is 0 Å².